The molecule has 3 aromatic rings. The monoisotopic (exact) mass is 424 g/mol. The fraction of sp³-hybridized carbons (Fsp3) is 0.286. The van der Waals surface area contributed by atoms with Crippen molar-refractivity contribution in [1.29, 1.82) is 0 Å². The fourth-order valence-corrected chi connectivity index (χ4v) is 5.50. The summed E-state index contributed by atoms with van der Waals surface area (Å²) in [6.07, 6.45) is 3.84. The number of hydrogen-bond donors (Lipinski definition) is 0. The third-order valence-corrected chi connectivity index (χ3v) is 7.43. The van der Waals surface area contributed by atoms with Crippen molar-refractivity contribution >= 4 is 23.5 Å². The first kappa shape index (κ1) is 20.5. The number of anilines is 2. The molecule has 162 valence electrons. The van der Waals surface area contributed by atoms with Crippen molar-refractivity contribution in [3.8, 4) is 0 Å². The minimum atomic E-state index is -0.402. The van der Waals surface area contributed by atoms with Crippen LogP contribution >= 0.6 is 0 Å². The SMILES string of the molecule is CN1/C(=C/c2c(/C=C3/N(C)c4ccccc4C3(C)C)c(=O)c2=O)C(C)(C)c2ccccc21. The summed E-state index contributed by atoms with van der Waals surface area (Å²) < 4.78 is 0. The van der Waals surface area contributed by atoms with Gasteiger partial charge in [0.25, 0.3) is 0 Å². The van der Waals surface area contributed by atoms with Crippen molar-refractivity contribution in [3.63, 3.8) is 0 Å². The van der Waals surface area contributed by atoms with Gasteiger partial charge in [0.05, 0.1) is 0 Å². The Morgan fingerprint density at radius 1 is 0.625 bits per heavy atom. The third-order valence-electron chi connectivity index (χ3n) is 7.43. The molecule has 32 heavy (non-hydrogen) atoms. The first-order valence-corrected chi connectivity index (χ1v) is 11.0. The number of nitrogens with zero attached hydrogens (tertiary/aromatic N) is 2. The minimum absolute atomic E-state index is 0.255. The van der Waals surface area contributed by atoms with E-state index in [-0.39, 0.29) is 10.8 Å². The van der Waals surface area contributed by atoms with Crippen LogP contribution in [-0.4, -0.2) is 14.1 Å². The van der Waals surface area contributed by atoms with Gasteiger partial charge in [-0.1, -0.05) is 64.1 Å². The van der Waals surface area contributed by atoms with Gasteiger partial charge < -0.3 is 9.80 Å². The molecular formula is C28H28N2O2. The van der Waals surface area contributed by atoms with E-state index in [1.165, 1.54) is 11.1 Å². The number of fused-ring (bicyclic) bond motifs is 2. The van der Waals surface area contributed by atoms with E-state index in [0.29, 0.717) is 11.1 Å². The van der Waals surface area contributed by atoms with Crippen LogP contribution < -0.4 is 20.7 Å². The van der Waals surface area contributed by atoms with E-state index in [2.05, 4.69) is 61.8 Å². The summed E-state index contributed by atoms with van der Waals surface area (Å²) in [6, 6.07) is 16.6. The molecule has 0 unspecified atom stereocenters. The van der Waals surface area contributed by atoms with Gasteiger partial charge in [0, 0.05) is 58.8 Å². The lowest BCUT2D eigenvalue weighted by atomic mass is 9.81. The third kappa shape index (κ3) is 2.56. The van der Waals surface area contributed by atoms with Gasteiger partial charge in [-0.2, -0.15) is 0 Å². The second kappa shape index (κ2) is 6.55. The second-order valence-electron chi connectivity index (χ2n) is 9.95. The maximum atomic E-state index is 12.7. The average Bonchev–Trinajstić information content (AvgIpc) is 3.09. The molecule has 2 aliphatic rings. The van der Waals surface area contributed by atoms with E-state index in [0.717, 1.165) is 22.8 Å². The average molecular weight is 425 g/mol. The molecule has 0 radical (unpaired) electrons. The highest BCUT2D eigenvalue weighted by atomic mass is 16.2. The molecule has 0 saturated carbocycles. The minimum Gasteiger partial charge on any atom is -0.347 e. The number of para-hydroxylation sites is 2. The molecule has 0 amide bonds. The number of allylic oxidation sites excluding steroid dienone is 2. The Balaban J connectivity index is 1.63. The molecule has 0 bridgehead atoms. The Morgan fingerprint density at radius 2 is 0.969 bits per heavy atom. The van der Waals surface area contributed by atoms with Crippen LogP contribution in [0.25, 0.3) is 12.2 Å². The molecular weight excluding hydrogens is 396 g/mol. The van der Waals surface area contributed by atoms with E-state index >= 15 is 0 Å². The summed E-state index contributed by atoms with van der Waals surface area (Å²) in [5, 5.41) is 0. The second-order valence-corrected chi connectivity index (χ2v) is 9.95. The molecule has 0 atom stereocenters. The topological polar surface area (TPSA) is 40.6 Å². The van der Waals surface area contributed by atoms with E-state index in [1.54, 1.807) is 0 Å². The lowest BCUT2D eigenvalue weighted by molar-refractivity contribution is 0.644. The van der Waals surface area contributed by atoms with Gasteiger partial charge in [0.15, 0.2) is 0 Å². The maximum absolute atomic E-state index is 12.7. The molecule has 2 heterocycles. The zero-order valence-corrected chi connectivity index (χ0v) is 19.5. The van der Waals surface area contributed by atoms with Gasteiger partial charge in [-0.3, -0.25) is 9.59 Å². The Hall–Kier alpha value is -3.40. The number of likely N-dealkylation sites (N-methyl/N-ethyl adjacent to an activating group) is 2. The van der Waals surface area contributed by atoms with E-state index in [4.69, 9.17) is 0 Å². The molecule has 0 aromatic heterocycles. The van der Waals surface area contributed by atoms with Crippen LogP contribution in [0.1, 0.15) is 49.9 Å². The molecule has 0 saturated heterocycles. The molecule has 4 heteroatoms. The molecule has 2 aliphatic heterocycles. The molecule has 3 aromatic carbocycles. The van der Waals surface area contributed by atoms with Crippen LogP contribution in [0.3, 0.4) is 0 Å². The number of benzene rings is 2. The normalized spacial score (nSPS) is 20.9. The Kier molecular flexibility index (Phi) is 4.20. The summed E-state index contributed by atoms with van der Waals surface area (Å²) in [5.74, 6) is 0. The zero-order valence-electron chi connectivity index (χ0n) is 19.5. The van der Waals surface area contributed by atoms with Crippen LogP contribution in [0.15, 0.2) is 69.5 Å². The Morgan fingerprint density at radius 3 is 1.31 bits per heavy atom. The van der Waals surface area contributed by atoms with Crippen molar-refractivity contribution in [1.82, 2.24) is 0 Å². The van der Waals surface area contributed by atoms with E-state index < -0.39 is 10.9 Å². The molecule has 0 N–H and O–H groups in total. The molecule has 5 rings (SSSR count). The highest BCUT2D eigenvalue weighted by molar-refractivity contribution is 5.82. The molecule has 0 spiro atoms. The summed E-state index contributed by atoms with van der Waals surface area (Å²) >= 11 is 0. The van der Waals surface area contributed by atoms with Gasteiger partial charge in [-0.25, -0.2) is 0 Å². The first-order chi connectivity index (χ1) is 15.1. The largest absolute Gasteiger partial charge is 0.347 e. The Labute approximate surface area is 188 Å². The predicted octanol–water partition coefficient (Wildman–Crippen LogP) is 4.82. The Bertz CT molecular complexity index is 1290. The lowest BCUT2D eigenvalue weighted by Gasteiger charge is -2.26. The number of hydrogen-bond acceptors (Lipinski definition) is 4. The zero-order chi connectivity index (χ0) is 23.0. The van der Waals surface area contributed by atoms with Crippen LogP contribution in [0.4, 0.5) is 11.4 Å². The van der Waals surface area contributed by atoms with Crippen LogP contribution in [0.2, 0.25) is 0 Å². The van der Waals surface area contributed by atoms with Gasteiger partial charge in [0.1, 0.15) is 0 Å². The van der Waals surface area contributed by atoms with Gasteiger partial charge in [0.2, 0.25) is 10.9 Å². The quantitative estimate of drug-likeness (QED) is 0.553. The summed E-state index contributed by atoms with van der Waals surface area (Å²) in [4.78, 5) is 29.6. The molecule has 0 aliphatic carbocycles. The van der Waals surface area contributed by atoms with E-state index in [9.17, 15) is 9.59 Å². The number of rotatable bonds is 2. The fourth-order valence-electron chi connectivity index (χ4n) is 5.50. The van der Waals surface area contributed by atoms with Gasteiger partial charge in [-0.05, 0) is 35.4 Å². The summed E-state index contributed by atoms with van der Waals surface area (Å²) in [7, 11) is 4.04. The van der Waals surface area contributed by atoms with Crippen LogP contribution in [-0.2, 0) is 10.8 Å². The first-order valence-electron chi connectivity index (χ1n) is 11.0. The molecule has 0 fully saturated rings. The van der Waals surface area contributed by atoms with Crippen molar-refractivity contribution in [2.75, 3.05) is 23.9 Å². The van der Waals surface area contributed by atoms with Crippen molar-refractivity contribution < 1.29 is 0 Å². The van der Waals surface area contributed by atoms with Gasteiger partial charge in [-0.15, -0.1) is 0 Å². The highest BCUT2D eigenvalue weighted by Gasteiger charge is 2.40. The summed E-state index contributed by atoms with van der Waals surface area (Å²) in [6.45, 7) is 8.65. The lowest BCUT2D eigenvalue weighted by Crippen LogP contribution is -2.38. The van der Waals surface area contributed by atoms with Crippen molar-refractivity contribution in [2.45, 2.75) is 38.5 Å². The van der Waals surface area contributed by atoms with Gasteiger partial charge >= 0.3 is 0 Å². The predicted molar refractivity (Wildman–Crippen MR) is 133 cm³/mol. The van der Waals surface area contributed by atoms with Crippen molar-refractivity contribution in [3.05, 3.63) is 103 Å². The molecule has 4 nitrogen and oxygen atoms in total. The van der Waals surface area contributed by atoms with Crippen LogP contribution in [0, 0.1) is 0 Å². The standard InChI is InChI=1S/C28H28N2O2/c1-27(2)19-11-7-9-13-21(19)29(5)23(27)15-17-18(26(32)25(17)31)16-24-28(3,4)20-12-8-10-14-22(20)30(24)6/h7-16H,1-6H3/b23-15+,24-16+. The van der Waals surface area contributed by atoms with Crippen LogP contribution in [0.5, 0.6) is 0 Å². The van der Waals surface area contributed by atoms with E-state index in [1.807, 2.05) is 50.5 Å². The highest BCUT2D eigenvalue weighted by Crippen LogP contribution is 2.49. The smallest absolute Gasteiger partial charge is 0.234 e. The maximum Gasteiger partial charge on any atom is 0.234 e. The summed E-state index contributed by atoms with van der Waals surface area (Å²) in [5.41, 5.74) is 6.45. The van der Waals surface area contributed by atoms with Crippen molar-refractivity contribution in [2.24, 2.45) is 0 Å².